The smallest absolute Gasteiger partial charge is 0.226 e. The zero-order chi connectivity index (χ0) is 20.1. The van der Waals surface area contributed by atoms with Crippen LogP contribution in [0, 0.1) is 5.92 Å². The third kappa shape index (κ3) is 4.61. The molecule has 3 aromatic rings. The molecule has 0 saturated carbocycles. The lowest BCUT2D eigenvalue weighted by molar-refractivity contribution is -0.134. The van der Waals surface area contributed by atoms with Gasteiger partial charge in [0.2, 0.25) is 5.91 Å². The molecule has 0 radical (unpaired) electrons. The van der Waals surface area contributed by atoms with Gasteiger partial charge in [0, 0.05) is 48.4 Å². The first-order chi connectivity index (χ1) is 13.5. The van der Waals surface area contributed by atoms with Gasteiger partial charge in [-0.15, -0.1) is 0 Å². The van der Waals surface area contributed by atoms with Gasteiger partial charge in [0.25, 0.3) is 0 Å². The Balaban J connectivity index is 1.95. The molecule has 28 heavy (non-hydrogen) atoms. The van der Waals surface area contributed by atoms with E-state index < -0.39 is 0 Å². The molecule has 1 N–H and O–H groups in total. The van der Waals surface area contributed by atoms with E-state index in [1.807, 2.05) is 86.5 Å². The number of aromatic nitrogens is 2. The fourth-order valence-electron chi connectivity index (χ4n) is 3.19. The Morgan fingerprint density at radius 2 is 1.86 bits per heavy atom. The molecule has 0 aliphatic heterocycles. The van der Waals surface area contributed by atoms with Crippen LogP contribution in [0.15, 0.2) is 60.8 Å². The first-order valence-corrected chi connectivity index (χ1v) is 9.67. The standard InChI is InChI=1S/C22H25ClN4O/c1-16(13-24-2)22(28)26(3)14-18-15-27(20-7-5-4-6-8-20)25-21(18)17-9-11-19(23)12-10-17/h4-12,15-16,24H,13-14H2,1-3H3. The average Bonchev–Trinajstić information content (AvgIpc) is 3.12. The molecule has 2 aromatic carbocycles. The van der Waals surface area contributed by atoms with E-state index in [1.165, 1.54) is 0 Å². The van der Waals surface area contributed by atoms with E-state index >= 15 is 0 Å². The Hall–Kier alpha value is -2.63. The molecule has 146 valence electrons. The number of carbonyl (C=O) groups excluding carboxylic acids is 1. The number of carbonyl (C=O) groups is 1. The molecule has 1 atom stereocenters. The summed E-state index contributed by atoms with van der Waals surface area (Å²) in [6, 6.07) is 17.6. The SMILES string of the molecule is CNCC(C)C(=O)N(C)Cc1cn(-c2ccccc2)nc1-c1ccc(Cl)cc1. The van der Waals surface area contributed by atoms with Gasteiger partial charge in [-0.3, -0.25) is 4.79 Å². The Morgan fingerprint density at radius 1 is 1.18 bits per heavy atom. The molecule has 1 amide bonds. The van der Waals surface area contributed by atoms with E-state index in [4.69, 9.17) is 16.7 Å². The van der Waals surface area contributed by atoms with E-state index in [-0.39, 0.29) is 11.8 Å². The van der Waals surface area contributed by atoms with Crippen LogP contribution in [0.3, 0.4) is 0 Å². The Kier molecular flexibility index (Phi) is 6.49. The van der Waals surface area contributed by atoms with Crippen molar-refractivity contribution < 1.29 is 4.79 Å². The highest BCUT2D eigenvalue weighted by Crippen LogP contribution is 2.26. The minimum absolute atomic E-state index is 0.0850. The number of nitrogens with one attached hydrogen (secondary N) is 1. The molecular weight excluding hydrogens is 372 g/mol. The zero-order valence-corrected chi connectivity index (χ0v) is 17.1. The Labute approximate surface area is 170 Å². The monoisotopic (exact) mass is 396 g/mol. The summed E-state index contributed by atoms with van der Waals surface area (Å²) in [5.41, 5.74) is 3.78. The summed E-state index contributed by atoms with van der Waals surface area (Å²) in [6.07, 6.45) is 1.99. The lowest BCUT2D eigenvalue weighted by Crippen LogP contribution is -2.35. The number of hydrogen-bond acceptors (Lipinski definition) is 3. The summed E-state index contributed by atoms with van der Waals surface area (Å²) in [7, 11) is 3.69. The van der Waals surface area contributed by atoms with Crippen molar-refractivity contribution in [3.63, 3.8) is 0 Å². The molecule has 3 rings (SSSR count). The van der Waals surface area contributed by atoms with Crippen LogP contribution in [0.5, 0.6) is 0 Å². The second-order valence-electron chi connectivity index (χ2n) is 6.94. The summed E-state index contributed by atoms with van der Waals surface area (Å²) >= 11 is 6.05. The lowest BCUT2D eigenvalue weighted by atomic mass is 10.1. The van der Waals surface area contributed by atoms with E-state index in [9.17, 15) is 4.79 Å². The van der Waals surface area contributed by atoms with E-state index in [2.05, 4.69) is 5.32 Å². The number of para-hydroxylation sites is 1. The second-order valence-corrected chi connectivity index (χ2v) is 7.38. The maximum atomic E-state index is 12.6. The van der Waals surface area contributed by atoms with E-state index in [0.717, 1.165) is 22.5 Å². The summed E-state index contributed by atoms with van der Waals surface area (Å²) in [4.78, 5) is 14.4. The lowest BCUT2D eigenvalue weighted by Gasteiger charge is -2.21. The first-order valence-electron chi connectivity index (χ1n) is 9.29. The van der Waals surface area contributed by atoms with Gasteiger partial charge >= 0.3 is 0 Å². The maximum Gasteiger partial charge on any atom is 0.226 e. The van der Waals surface area contributed by atoms with Gasteiger partial charge in [0.1, 0.15) is 0 Å². The molecular formula is C22H25ClN4O. The van der Waals surface area contributed by atoms with Crippen LogP contribution >= 0.6 is 11.6 Å². The fraction of sp³-hybridized carbons (Fsp3) is 0.273. The highest BCUT2D eigenvalue weighted by Gasteiger charge is 2.20. The minimum atomic E-state index is -0.0850. The Morgan fingerprint density at radius 3 is 2.50 bits per heavy atom. The molecule has 5 nitrogen and oxygen atoms in total. The van der Waals surface area contributed by atoms with Gasteiger partial charge in [0.15, 0.2) is 0 Å². The van der Waals surface area contributed by atoms with Gasteiger partial charge < -0.3 is 10.2 Å². The van der Waals surface area contributed by atoms with Crippen LogP contribution < -0.4 is 5.32 Å². The molecule has 0 aliphatic carbocycles. The van der Waals surface area contributed by atoms with Gasteiger partial charge in [0.05, 0.1) is 11.4 Å². The summed E-state index contributed by atoms with van der Waals surface area (Å²) in [6.45, 7) is 3.07. The minimum Gasteiger partial charge on any atom is -0.341 e. The van der Waals surface area contributed by atoms with E-state index in [0.29, 0.717) is 18.1 Å². The number of rotatable bonds is 7. The maximum absolute atomic E-state index is 12.6. The molecule has 0 saturated heterocycles. The van der Waals surface area contributed by atoms with E-state index in [1.54, 1.807) is 4.90 Å². The summed E-state index contributed by atoms with van der Waals surface area (Å²) in [5.74, 6) is 0.0158. The van der Waals surface area contributed by atoms with Crippen molar-refractivity contribution in [2.24, 2.45) is 5.92 Å². The Bertz CT molecular complexity index is 921. The quantitative estimate of drug-likeness (QED) is 0.656. The largest absolute Gasteiger partial charge is 0.341 e. The number of hydrogen-bond donors (Lipinski definition) is 1. The van der Waals surface area contributed by atoms with Crippen LogP contribution in [0.4, 0.5) is 0 Å². The van der Waals surface area contributed by atoms with Gasteiger partial charge in [-0.05, 0) is 31.3 Å². The average molecular weight is 397 g/mol. The zero-order valence-electron chi connectivity index (χ0n) is 16.4. The summed E-state index contributed by atoms with van der Waals surface area (Å²) < 4.78 is 1.86. The predicted octanol–water partition coefficient (Wildman–Crippen LogP) is 4.01. The molecule has 6 heteroatoms. The van der Waals surface area contributed by atoms with Crippen molar-refractivity contribution in [3.8, 4) is 16.9 Å². The van der Waals surface area contributed by atoms with Gasteiger partial charge in [-0.1, -0.05) is 48.9 Å². The topological polar surface area (TPSA) is 50.2 Å². The van der Waals surface area contributed by atoms with Crippen LogP contribution in [-0.2, 0) is 11.3 Å². The molecule has 0 aliphatic rings. The van der Waals surface area contributed by atoms with Crippen molar-refractivity contribution >= 4 is 17.5 Å². The fourth-order valence-corrected chi connectivity index (χ4v) is 3.32. The highest BCUT2D eigenvalue weighted by molar-refractivity contribution is 6.30. The number of halogens is 1. The normalized spacial score (nSPS) is 12.0. The molecule has 0 spiro atoms. The number of nitrogens with zero attached hydrogens (tertiary/aromatic N) is 3. The number of benzene rings is 2. The molecule has 1 aromatic heterocycles. The highest BCUT2D eigenvalue weighted by atomic mass is 35.5. The third-order valence-electron chi connectivity index (χ3n) is 4.64. The molecule has 1 unspecified atom stereocenters. The summed E-state index contributed by atoms with van der Waals surface area (Å²) in [5, 5.41) is 8.54. The van der Waals surface area contributed by atoms with Crippen molar-refractivity contribution in [1.82, 2.24) is 20.0 Å². The molecule has 1 heterocycles. The van der Waals surface area contributed by atoms with Crippen LogP contribution in [0.1, 0.15) is 12.5 Å². The van der Waals surface area contributed by atoms with Crippen molar-refractivity contribution in [2.45, 2.75) is 13.5 Å². The first kappa shape index (κ1) is 20.1. The van der Waals surface area contributed by atoms with Crippen molar-refractivity contribution in [1.29, 1.82) is 0 Å². The van der Waals surface area contributed by atoms with Crippen LogP contribution in [0.2, 0.25) is 5.02 Å². The predicted molar refractivity (Wildman–Crippen MR) is 114 cm³/mol. The third-order valence-corrected chi connectivity index (χ3v) is 4.90. The number of amides is 1. The van der Waals surface area contributed by atoms with Gasteiger partial charge in [-0.25, -0.2) is 4.68 Å². The van der Waals surface area contributed by atoms with Crippen LogP contribution in [-0.4, -0.2) is 41.2 Å². The van der Waals surface area contributed by atoms with Crippen molar-refractivity contribution in [3.05, 3.63) is 71.4 Å². The second kappa shape index (κ2) is 9.04. The molecule has 0 bridgehead atoms. The van der Waals surface area contributed by atoms with Crippen LogP contribution in [0.25, 0.3) is 16.9 Å². The van der Waals surface area contributed by atoms with Crippen molar-refractivity contribution in [2.75, 3.05) is 20.6 Å². The molecule has 0 fully saturated rings. The van der Waals surface area contributed by atoms with Gasteiger partial charge in [-0.2, -0.15) is 5.10 Å².